The lowest BCUT2D eigenvalue weighted by Crippen LogP contribution is -2.31. The summed E-state index contributed by atoms with van der Waals surface area (Å²) in [5.41, 5.74) is 2.84. The molecule has 0 saturated carbocycles. The molecule has 1 aliphatic heterocycles. The summed E-state index contributed by atoms with van der Waals surface area (Å²) in [6, 6.07) is 10.7. The number of likely N-dealkylation sites (tertiary alicyclic amines) is 1. The summed E-state index contributed by atoms with van der Waals surface area (Å²) in [6.45, 7) is 6.87. The van der Waals surface area contributed by atoms with Gasteiger partial charge in [0, 0.05) is 29.7 Å². The highest BCUT2D eigenvalue weighted by Crippen LogP contribution is 2.36. The summed E-state index contributed by atoms with van der Waals surface area (Å²) in [4.78, 5) is 15.1. The third kappa shape index (κ3) is 4.06. The Bertz CT molecular complexity index is 1220. The molecule has 1 N–H and O–H groups in total. The molecule has 1 aliphatic rings. The number of carbonyl (C=O) groups is 1. The minimum Gasteiger partial charge on any atom is -0.449 e. The monoisotopic (exact) mass is 440 g/mol. The largest absolute Gasteiger partial charge is 0.449 e. The van der Waals surface area contributed by atoms with Crippen molar-refractivity contribution in [3.8, 4) is 0 Å². The van der Waals surface area contributed by atoms with Gasteiger partial charge in [-0.05, 0) is 62.9 Å². The van der Waals surface area contributed by atoms with Crippen molar-refractivity contribution in [1.82, 2.24) is 4.90 Å². The van der Waals surface area contributed by atoms with Crippen LogP contribution in [0, 0.1) is 20.8 Å². The van der Waals surface area contributed by atoms with E-state index in [1.807, 2.05) is 30.9 Å². The fourth-order valence-electron chi connectivity index (χ4n) is 4.20. The molecule has 0 atom stereocenters. The smallest absolute Gasteiger partial charge is 0.289 e. The molecule has 2 aromatic carbocycles. The highest BCUT2D eigenvalue weighted by Gasteiger charge is 2.30. The van der Waals surface area contributed by atoms with E-state index in [0.29, 0.717) is 35.3 Å². The van der Waals surface area contributed by atoms with Crippen molar-refractivity contribution in [3.05, 3.63) is 58.8 Å². The number of carbonyl (C=O) groups excluding carboxylic acids is 1. The van der Waals surface area contributed by atoms with Crippen LogP contribution < -0.4 is 4.72 Å². The highest BCUT2D eigenvalue weighted by molar-refractivity contribution is 7.93. The third-order valence-corrected chi connectivity index (χ3v) is 7.61. The predicted molar refractivity (Wildman–Crippen MR) is 122 cm³/mol. The van der Waals surface area contributed by atoms with Crippen LogP contribution in [0.5, 0.6) is 0 Å². The minimum atomic E-state index is -3.92. The van der Waals surface area contributed by atoms with E-state index in [0.717, 1.165) is 31.2 Å². The first-order valence-corrected chi connectivity index (χ1v) is 12.2. The summed E-state index contributed by atoms with van der Waals surface area (Å²) < 4.78 is 35.4. The van der Waals surface area contributed by atoms with E-state index in [9.17, 15) is 13.2 Å². The first-order valence-electron chi connectivity index (χ1n) is 10.7. The van der Waals surface area contributed by atoms with Crippen LogP contribution in [0.1, 0.15) is 52.9 Å². The Morgan fingerprint density at radius 1 is 0.968 bits per heavy atom. The first kappa shape index (κ1) is 21.4. The molecule has 6 nitrogen and oxygen atoms in total. The number of nitrogens with zero attached hydrogens (tertiary/aromatic N) is 1. The molecule has 0 spiro atoms. The van der Waals surface area contributed by atoms with Gasteiger partial charge in [0.05, 0.1) is 0 Å². The minimum absolute atomic E-state index is 0.0874. The lowest BCUT2D eigenvalue weighted by molar-refractivity contribution is 0.0731. The number of furan rings is 1. The van der Waals surface area contributed by atoms with E-state index in [-0.39, 0.29) is 22.1 Å². The molecular weight excluding hydrogens is 412 g/mol. The Morgan fingerprint density at radius 3 is 2.26 bits per heavy atom. The molecule has 0 unspecified atom stereocenters. The van der Waals surface area contributed by atoms with E-state index >= 15 is 0 Å². The average molecular weight is 441 g/mol. The van der Waals surface area contributed by atoms with Gasteiger partial charge in [0.15, 0.2) is 11.3 Å². The predicted octanol–water partition coefficient (Wildman–Crippen LogP) is 5.18. The normalized spacial score (nSPS) is 15.1. The maximum Gasteiger partial charge on any atom is 0.289 e. The summed E-state index contributed by atoms with van der Waals surface area (Å²) in [7, 11) is -3.92. The van der Waals surface area contributed by atoms with Gasteiger partial charge in [-0.25, -0.2) is 8.42 Å². The zero-order chi connectivity index (χ0) is 22.2. The maximum absolute atomic E-state index is 13.4. The molecule has 0 bridgehead atoms. The standard InChI is InChI=1S/C24H28N2O4S/c1-16-15-20-18(3)21(24(27)26-13-9-4-5-10-14-26)30-22(20)23(17(16)2)31(28,29)25-19-11-7-6-8-12-19/h6-8,11-12,15,25H,4-5,9-10,13-14H2,1-3H3. The summed E-state index contributed by atoms with van der Waals surface area (Å²) in [5.74, 6) is 0.0725. The van der Waals surface area contributed by atoms with Gasteiger partial charge in [0.2, 0.25) is 0 Å². The van der Waals surface area contributed by atoms with Gasteiger partial charge < -0.3 is 9.32 Å². The van der Waals surface area contributed by atoms with Gasteiger partial charge in [0.1, 0.15) is 4.90 Å². The van der Waals surface area contributed by atoms with Crippen LogP contribution in [0.3, 0.4) is 0 Å². The van der Waals surface area contributed by atoms with E-state index in [4.69, 9.17) is 4.42 Å². The zero-order valence-corrected chi connectivity index (χ0v) is 19.0. The van der Waals surface area contributed by atoms with Crippen LogP contribution in [0.15, 0.2) is 45.7 Å². The Kier molecular flexibility index (Phi) is 5.79. The number of nitrogens with one attached hydrogen (secondary N) is 1. The Labute approximate surface area is 183 Å². The van der Waals surface area contributed by atoms with E-state index < -0.39 is 10.0 Å². The van der Waals surface area contributed by atoms with Crippen molar-refractivity contribution in [3.63, 3.8) is 0 Å². The number of sulfonamides is 1. The lowest BCUT2D eigenvalue weighted by atomic mass is 10.0. The molecule has 4 rings (SSSR count). The molecule has 1 amide bonds. The van der Waals surface area contributed by atoms with E-state index in [1.165, 1.54) is 0 Å². The number of amides is 1. The fourth-order valence-corrected chi connectivity index (χ4v) is 5.71. The molecular formula is C24H28N2O4S. The number of hydrogen-bond donors (Lipinski definition) is 1. The second-order valence-corrected chi connectivity index (χ2v) is 9.88. The molecule has 31 heavy (non-hydrogen) atoms. The van der Waals surface area contributed by atoms with Crippen molar-refractivity contribution >= 4 is 32.6 Å². The summed E-state index contributed by atoms with van der Waals surface area (Å²) in [5, 5.41) is 0.662. The molecule has 7 heteroatoms. The van der Waals surface area contributed by atoms with Gasteiger partial charge >= 0.3 is 0 Å². The molecule has 0 radical (unpaired) electrons. The number of para-hydroxylation sites is 1. The van der Waals surface area contributed by atoms with Crippen LogP contribution >= 0.6 is 0 Å². The van der Waals surface area contributed by atoms with Crippen LogP contribution in [0.2, 0.25) is 0 Å². The van der Waals surface area contributed by atoms with Crippen LogP contribution in [-0.4, -0.2) is 32.3 Å². The SMILES string of the molecule is Cc1cc2c(C)c(C(=O)N3CCCCCC3)oc2c(S(=O)(=O)Nc2ccccc2)c1C. The lowest BCUT2D eigenvalue weighted by Gasteiger charge is -2.19. The Morgan fingerprint density at radius 2 is 1.61 bits per heavy atom. The molecule has 164 valence electrons. The molecule has 0 aliphatic carbocycles. The number of benzene rings is 2. The van der Waals surface area contributed by atoms with Gasteiger partial charge in [-0.2, -0.15) is 0 Å². The van der Waals surface area contributed by atoms with Crippen molar-refractivity contribution in [2.24, 2.45) is 0 Å². The first-order chi connectivity index (χ1) is 14.8. The zero-order valence-electron chi connectivity index (χ0n) is 18.2. The molecule has 3 aromatic rings. The average Bonchev–Trinajstić information content (AvgIpc) is 2.91. The fraction of sp³-hybridized carbons (Fsp3) is 0.375. The van der Waals surface area contributed by atoms with E-state index in [1.54, 1.807) is 31.2 Å². The molecule has 1 fully saturated rings. The van der Waals surface area contributed by atoms with Crippen LogP contribution in [-0.2, 0) is 10.0 Å². The van der Waals surface area contributed by atoms with Crippen LogP contribution in [0.25, 0.3) is 11.0 Å². The van der Waals surface area contributed by atoms with Gasteiger partial charge in [-0.3, -0.25) is 9.52 Å². The number of anilines is 1. The molecule has 2 heterocycles. The van der Waals surface area contributed by atoms with Crippen molar-refractivity contribution in [1.29, 1.82) is 0 Å². The highest BCUT2D eigenvalue weighted by atomic mass is 32.2. The number of aryl methyl sites for hydroxylation is 2. The topological polar surface area (TPSA) is 79.6 Å². The number of fused-ring (bicyclic) bond motifs is 1. The maximum atomic E-state index is 13.4. The van der Waals surface area contributed by atoms with Crippen LogP contribution in [0.4, 0.5) is 5.69 Å². The van der Waals surface area contributed by atoms with Gasteiger partial charge in [-0.1, -0.05) is 31.0 Å². The van der Waals surface area contributed by atoms with Crippen molar-refractivity contribution in [2.45, 2.75) is 51.3 Å². The van der Waals surface area contributed by atoms with E-state index in [2.05, 4.69) is 4.72 Å². The second kappa shape index (κ2) is 8.38. The number of rotatable bonds is 4. The van der Waals surface area contributed by atoms with Gasteiger partial charge in [-0.15, -0.1) is 0 Å². The second-order valence-electron chi connectivity index (χ2n) is 8.26. The Hall–Kier alpha value is -2.80. The summed E-state index contributed by atoms with van der Waals surface area (Å²) in [6.07, 6.45) is 4.19. The number of hydrogen-bond acceptors (Lipinski definition) is 4. The molecule has 1 aromatic heterocycles. The third-order valence-electron chi connectivity index (χ3n) is 6.07. The summed E-state index contributed by atoms with van der Waals surface area (Å²) >= 11 is 0. The van der Waals surface area contributed by atoms with Gasteiger partial charge in [0.25, 0.3) is 15.9 Å². The van der Waals surface area contributed by atoms with Crippen molar-refractivity contribution < 1.29 is 17.6 Å². The Balaban J connectivity index is 1.83. The quantitative estimate of drug-likeness (QED) is 0.607. The molecule has 1 saturated heterocycles. The van der Waals surface area contributed by atoms with Crippen molar-refractivity contribution in [2.75, 3.05) is 17.8 Å².